The maximum atomic E-state index is 10.3. The van der Waals surface area contributed by atoms with Crippen LogP contribution in [0.2, 0.25) is 0 Å². The van der Waals surface area contributed by atoms with Crippen molar-refractivity contribution in [2.75, 3.05) is 20.3 Å². The highest BCUT2D eigenvalue weighted by Crippen LogP contribution is 2.50. The summed E-state index contributed by atoms with van der Waals surface area (Å²) >= 11 is 0. The van der Waals surface area contributed by atoms with Gasteiger partial charge in [-0.05, 0) is 6.42 Å². The van der Waals surface area contributed by atoms with E-state index in [1.165, 1.54) is 0 Å². The number of ether oxygens (including phenoxy) is 2. The van der Waals surface area contributed by atoms with Gasteiger partial charge in [0.05, 0.1) is 24.4 Å². The van der Waals surface area contributed by atoms with Crippen molar-refractivity contribution in [3.8, 4) is 6.07 Å². The summed E-state index contributed by atoms with van der Waals surface area (Å²) in [5.74, 6) is 0. The van der Waals surface area contributed by atoms with Crippen molar-refractivity contribution in [1.82, 2.24) is 0 Å². The molecular weight excluding hydrogens is 182 g/mol. The Morgan fingerprint density at radius 2 is 2.29 bits per heavy atom. The van der Waals surface area contributed by atoms with Crippen LogP contribution in [0.3, 0.4) is 0 Å². The number of aliphatic hydroxyl groups is 1. The molecule has 1 N–H and O–H groups in total. The predicted octanol–water partition coefficient (Wildman–Crippen LogP) is 0.457. The van der Waals surface area contributed by atoms with Crippen LogP contribution in [0.15, 0.2) is 0 Å². The Morgan fingerprint density at radius 1 is 1.57 bits per heavy atom. The van der Waals surface area contributed by atoms with Crippen molar-refractivity contribution in [3.05, 3.63) is 0 Å². The van der Waals surface area contributed by atoms with Crippen LogP contribution >= 0.6 is 0 Å². The van der Waals surface area contributed by atoms with Gasteiger partial charge < -0.3 is 14.6 Å². The first-order valence-electron chi connectivity index (χ1n) is 4.90. The second kappa shape index (κ2) is 3.20. The largest absolute Gasteiger partial charge is 0.388 e. The van der Waals surface area contributed by atoms with Gasteiger partial charge in [0, 0.05) is 26.6 Å². The molecule has 1 saturated heterocycles. The van der Waals surface area contributed by atoms with Crippen LogP contribution in [0.4, 0.5) is 0 Å². The second-order valence-corrected chi connectivity index (χ2v) is 4.29. The van der Waals surface area contributed by atoms with Crippen molar-refractivity contribution in [2.45, 2.75) is 31.0 Å². The molecule has 2 rings (SSSR count). The summed E-state index contributed by atoms with van der Waals surface area (Å²) in [5.41, 5.74) is -1.58. The first kappa shape index (κ1) is 9.91. The van der Waals surface area contributed by atoms with Gasteiger partial charge in [-0.3, -0.25) is 0 Å². The zero-order valence-electron chi connectivity index (χ0n) is 8.32. The topological polar surface area (TPSA) is 62.5 Å². The van der Waals surface area contributed by atoms with Crippen LogP contribution in [0, 0.1) is 16.7 Å². The van der Waals surface area contributed by atoms with Gasteiger partial charge in [-0.2, -0.15) is 5.26 Å². The second-order valence-electron chi connectivity index (χ2n) is 4.29. The quantitative estimate of drug-likeness (QED) is 0.698. The maximum absolute atomic E-state index is 10.3. The van der Waals surface area contributed by atoms with Crippen molar-refractivity contribution >= 4 is 0 Å². The van der Waals surface area contributed by atoms with Crippen LogP contribution in [0.25, 0.3) is 0 Å². The van der Waals surface area contributed by atoms with Crippen LogP contribution in [0.5, 0.6) is 0 Å². The molecule has 14 heavy (non-hydrogen) atoms. The van der Waals surface area contributed by atoms with E-state index >= 15 is 0 Å². The van der Waals surface area contributed by atoms with Crippen LogP contribution < -0.4 is 0 Å². The normalized spacial score (nSPS) is 47.1. The van der Waals surface area contributed by atoms with Gasteiger partial charge in [0.25, 0.3) is 0 Å². The molecule has 0 spiro atoms. The summed E-state index contributed by atoms with van der Waals surface area (Å²) < 4.78 is 10.3. The first-order valence-corrected chi connectivity index (χ1v) is 4.90. The molecule has 1 aliphatic carbocycles. The molecule has 0 aromatic carbocycles. The average molecular weight is 197 g/mol. The van der Waals surface area contributed by atoms with Crippen LogP contribution in [-0.2, 0) is 9.47 Å². The summed E-state index contributed by atoms with van der Waals surface area (Å²) in [6, 6.07) is 2.23. The first-order chi connectivity index (χ1) is 6.66. The Bertz CT molecular complexity index is 259. The predicted molar refractivity (Wildman–Crippen MR) is 48.5 cm³/mol. The SMILES string of the molecule is COC1CC(O)(C2(C#N)CCOC2)C1. The monoisotopic (exact) mass is 197 g/mol. The van der Waals surface area contributed by atoms with E-state index in [9.17, 15) is 5.11 Å². The average Bonchev–Trinajstić information content (AvgIpc) is 2.62. The van der Waals surface area contributed by atoms with Crippen molar-refractivity contribution in [3.63, 3.8) is 0 Å². The fourth-order valence-corrected chi connectivity index (χ4v) is 2.38. The lowest BCUT2D eigenvalue weighted by atomic mass is 9.60. The molecule has 4 heteroatoms. The zero-order chi connectivity index (χ0) is 10.2. The Hall–Kier alpha value is -0.630. The number of nitriles is 1. The van der Waals surface area contributed by atoms with E-state index in [1.807, 2.05) is 0 Å². The summed E-state index contributed by atoms with van der Waals surface area (Å²) in [5, 5.41) is 19.4. The van der Waals surface area contributed by atoms with Gasteiger partial charge in [-0.25, -0.2) is 0 Å². The molecule has 0 aromatic rings. The molecule has 1 atom stereocenters. The Kier molecular flexibility index (Phi) is 2.26. The molecule has 0 radical (unpaired) electrons. The summed E-state index contributed by atoms with van der Waals surface area (Å²) in [7, 11) is 1.63. The summed E-state index contributed by atoms with van der Waals surface area (Å²) in [4.78, 5) is 0. The number of hydrogen-bond donors (Lipinski definition) is 1. The number of hydrogen-bond acceptors (Lipinski definition) is 4. The van der Waals surface area contributed by atoms with E-state index in [0.717, 1.165) is 0 Å². The number of nitrogens with zero attached hydrogens (tertiary/aromatic N) is 1. The lowest BCUT2D eigenvalue weighted by Gasteiger charge is -2.50. The number of rotatable bonds is 2. The fourth-order valence-electron chi connectivity index (χ4n) is 2.38. The molecule has 0 bridgehead atoms. The smallest absolute Gasteiger partial charge is 0.112 e. The lowest BCUT2D eigenvalue weighted by Crippen LogP contribution is -2.59. The van der Waals surface area contributed by atoms with Gasteiger partial charge in [-0.1, -0.05) is 0 Å². The molecule has 2 aliphatic rings. The molecular formula is C10H15NO3. The Balaban J connectivity index is 2.11. The van der Waals surface area contributed by atoms with Crippen molar-refractivity contribution < 1.29 is 14.6 Å². The van der Waals surface area contributed by atoms with E-state index in [4.69, 9.17) is 14.7 Å². The molecule has 2 fully saturated rings. The van der Waals surface area contributed by atoms with Crippen molar-refractivity contribution in [1.29, 1.82) is 5.26 Å². The molecule has 1 unspecified atom stereocenters. The van der Waals surface area contributed by atoms with E-state index in [0.29, 0.717) is 32.5 Å². The number of methoxy groups -OCH3 is 1. The summed E-state index contributed by atoms with van der Waals surface area (Å²) in [6.07, 6.45) is 1.85. The van der Waals surface area contributed by atoms with Crippen LogP contribution in [0.1, 0.15) is 19.3 Å². The van der Waals surface area contributed by atoms with Gasteiger partial charge in [0.1, 0.15) is 5.41 Å². The minimum atomic E-state index is -0.890. The molecule has 4 nitrogen and oxygen atoms in total. The van der Waals surface area contributed by atoms with E-state index in [-0.39, 0.29) is 6.10 Å². The lowest BCUT2D eigenvalue weighted by molar-refractivity contribution is -0.179. The third kappa shape index (κ3) is 1.17. The zero-order valence-corrected chi connectivity index (χ0v) is 8.32. The minimum Gasteiger partial charge on any atom is -0.388 e. The highest BCUT2D eigenvalue weighted by molar-refractivity contribution is 5.18. The van der Waals surface area contributed by atoms with Gasteiger partial charge in [0.15, 0.2) is 0 Å². The molecule has 1 heterocycles. The van der Waals surface area contributed by atoms with E-state index in [2.05, 4.69) is 6.07 Å². The van der Waals surface area contributed by atoms with Gasteiger partial charge in [0.2, 0.25) is 0 Å². The minimum absolute atomic E-state index is 0.103. The Labute approximate surface area is 83.4 Å². The van der Waals surface area contributed by atoms with Gasteiger partial charge in [-0.15, -0.1) is 0 Å². The van der Waals surface area contributed by atoms with E-state index < -0.39 is 11.0 Å². The van der Waals surface area contributed by atoms with Crippen LogP contribution in [-0.4, -0.2) is 37.1 Å². The van der Waals surface area contributed by atoms with E-state index in [1.54, 1.807) is 7.11 Å². The molecule has 1 saturated carbocycles. The maximum Gasteiger partial charge on any atom is 0.112 e. The molecule has 78 valence electrons. The van der Waals surface area contributed by atoms with Gasteiger partial charge >= 0.3 is 0 Å². The summed E-state index contributed by atoms with van der Waals surface area (Å²) in [6.45, 7) is 0.934. The highest BCUT2D eigenvalue weighted by atomic mass is 16.5. The third-order valence-corrected chi connectivity index (χ3v) is 3.59. The Morgan fingerprint density at radius 3 is 2.71 bits per heavy atom. The van der Waals surface area contributed by atoms with Crippen molar-refractivity contribution in [2.24, 2.45) is 5.41 Å². The fraction of sp³-hybridized carbons (Fsp3) is 0.900. The molecule has 0 aromatic heterocycles. The third-order valence-electron chi connectivity index (χ3n) is 3.59. The molecule has 1 aliphatic heterocycles. The molecule has 0 amide bonds. The highest BCUT2D eigenvalue weighted by Gasteiger charge is 2.60. The standard InChI is InChI=1S/C10H15NO3/c1-13-8-4-10(12,5-8)9(6-11)2-3-14-7-9/h8,12H,2-5,7H2,1H3.